The van der Waals surface area contributed by atoms with Crippen LogP contribution in [-0.4, -0.2) is 31.1 Å². The Labute approximate surface area is 144 Å². The predicted molar refractivity (Wildman–Crippen MR) is 93.3 cm³/mol. The first-order valence-electron chi connectivity index (χ1n) is 6.89. The van der Waals surface area contributed by atoms with Crippen molar-refractivity contribution in [2.75, 3.05) is 14.2 Å². The summed E-state index contributed by atoms with van der Waals surface area (Å²) in [5.41, 5.74) is 12.1. The second kappa shape index (κ2) is 8.14. The first kappa shape index (κ1) is 17.5. The molecule has 0 amide bonds. The normalized spacial score (nSPS) is 12.1. The molecule has 2 aromatic rings. The molecule has 0 aliphatic carbocycles. The van der Waals surface area contributed by atoms with Gasteiger partial charge in [0, 0.05) is 18.3 Å². The standard InChI is InChI=1S/C15H17ClN6O2/c1-23-11-8-12(24-2)10(7-9(11)16)20-14(17)22-15(18)21-13-5-3-4-6-19-13/h3-8H,1-2H3,(H5,17,18,19,20,21,22)/p+1. The fourth-order valence-electron chi connectivity index (χ4n) is 1.86. The van der Waals surface area contributed by atoms with Crippen molar-refractivity contribution < 1.29 is 14.8 Å². The Morgan fingerprint density at radius 3 is 2.54 bits per heavy atom. The number of guanidine groups is 2. The lowest BCUT2D eigenvalue weighted by Crippen LogP contribution is -2.85. The molecular formula is C15H18ClN6O2+. The van der Waals surface area contributed by atoms with Crippen LogP contribution < -0.4 is 26.3 Å². The highest BCUT2D eigenvalue weighted by Gasteiger charge is 2.10. The molecule has 126 valence electrons. The minimum Gasteiger partial charge on any atom is -0.495 e. The van der Waals surface area contributed by atoms with Crippen molar-refractivity contribution in [2.24, 2.45) is 21.5 Å². The molecule has 1 aromatic carbocycles. The first-order chi connectivity index (χ1) is 11.5. The molecule has 0 atom stereocenters. The van der Waals surface area contributed by atoms with Crippen LogP contribution in [0.25, 0.3) is 0 Å². The lowest BCUT2D eigenvalue weighted by Gasteiger charge is -2.09. The van der Waals surface area contributed by atoms with Gasteiger partial charge in [-0.1, -0.05) is 17.7 Å². The van der Waals surface area contributed by atoms with E-state index in [-0.39, 0.29) is 11.9 Å². The van der Waals surface area contributed by atoms with Crippen LogP contribution in [0.4, 0.5) is 11.5 Å². The molecule has 9 heteroatoms. The van der Waals surface area contributed by atoms with Crippen LogP contribution in [0.5, 0.6) is 11.5 Å². The number of halogens is 1. The number of rotatable bonds is 4. The van der Waals surface area contributed by atoms with Crippen LogP contribution in [0.15, 0.2) is 46.5 Å². The van der Waals surface area contributed by atoms with Crippen LogP contribution in [0.2, 0.25) is 5.02 Å². The van der Waals surface area contributed by atoms with E-state index in [0.29, 0.717) is 28.0 Å². The Balaban J connectivity index is 2.24. The number of hydrogen-bond acceptors (Lipinski definition) is 4. The van der Waals surface area contributed by atoms with Gasteiger partial charge in [0.05, 0.1) is 19.2 Å². The Hall–Kier alpha value is -2.84. The molecule has 0 bridgehead atoms. The van der Waals surface area contributed by atoms with E-state index in [2.05, 4.69) is 15.0 Å². The molecule has 0 aliphatic heterocycles. The Kier molecular flexibility index (Phi) is 5.94. The molecular weight excluding hydrogens is 332 g/mol. The lowest BCUT2D eigenvalue weighted by molar-refractivity contribution is -0.450. The van der Waals surface area contributed by atoms with Crippen molar-refractivity contribution in [3.63, 3.8) is 0 Å². The molecule has 0 saturated carbocycles. The molecule has 0 aliphatic rings. The molecule has 0 unspecified atom stereocenters. The number of benzene rings is 1. The van der Waals surface area contributed by atoms with Gasteiger partial charge in [0.2, 0.25) is 11.8 Å². The molecule has 6 N–H and O–H groups in total. The number of nitrogens with zero attached hydrogens (tertiary/aromatic N) is 3. The van der Waals surface area contributed by atoms with Gasteiger partial charge >= 0.3 is 5.96 Å². The maximum absolute atomic E-state index is 6.09. The van der Waals surface area contributed by atoms with Gasteiger partial charge in [0.1, 0.15) is 17.2 Å². The van der Waals surface area contributed by atoms with Gasteiger partial charge in [0.15, 0.2) is 0 Å². The van der Waals surface area contributed by atoms with E-state index < -0.39 is 0 Å². The number of ether oxygens (including phenoxy) is 2. The summed E-state index contributed by atoms with van der Waals surface area (Å²) in [7, 11) is 3.01. The van der Waals surface area contributed by atoms with E-state index in [1.807, 2.05) is 6.07 Å². The quantitative estimate of drug-likeness (QED) is 0.559. The summed E-state index contributed by atoms with van der Waals surface area (Å²) in [5.74, 6) is 1.71. The lowest BCUT2D eigenvalue weighted by atomic mass is 10.3. The number of quaternary nitrogens is 1. The van der Waals surface area contributed by atoms with Gasteiger partial charge in [-0.25, -0.2) is 15.3 Å². The van der Waals surface area contributed by atoms with Crippen molar-refractivity contribution in [3.05, 3.63) is 41.6 Å². The first-order valence-corrected chi connectivity index (χ1v) is 7.27. The van der Waals surface area contributed by atoms with E-state index in [4.69, 9.17) is 32.5 Å². The molecule has 2 rings (SSSR count). The Bertz CT molecular complexity index is 764. The second-order valence-corrected chi connectivity index (χ2v) is 4.97. The zero-order chi connectivity index (χ0) is 17.5. The van der Waals surface area contributed by atoms with E-state index in [0.717, 1.165) is 0 Å². The average Bonchev–Trinajstić information content (AvgIpc) is 2.55. The largest absolute Gasteiger partial charge is 0.495 e. The van der Waals surface area contributed by atoms with Crippen LogP contribution >= 0.6 is 11.6 Å². The third kappa shape index (κ3) is 4.58. The maximum Gasteiger partial charge on any atom is 0.306 e. The smallest absolute Gasteiger partial charge is 0.306 e. The maximum atomic E-state index is 6.09. The van der Waals surface area contributed by atoms with Crippen molar-refractivity contribution in [1.82, 2.24) is 4.98 Å². The highest BCUT2D eigenvalue weighted by atomic mass is 35.5. The number of aliphatic imine (C=N–C) groups is 2. The molecule has 0 fully saturated rings. The van der Waals surface area contributed by atoms with E-state index in [1.54, 1.807) is 35.8 Å². The van der Waals surface area contributed by atoms with Crippen molar-refractivity contribution in [2.45, 2.75) is 0 Å². The molecule has 1 aromatic heterocycles. The highest BCUT2D eigenvalue weighted by molar-refractivity contribution is 6.32. The topological polar surface area (TPSA) is 125 Å². The minimum atomic E-state index is -0.0424. The summed E-state index contributed by atoms with van der Waals surface area (Å²) in [6.07, 6.45) is 1.65. The number of pyridine rings is 1. The predicted octanol–water partition coefficient (Wildman–Crippen LogP) is 0.908. The average molecular weight is 350 g/mol. The fraction of sp³-hybridized carbons (Fsp3) is 0.133. The summed E-state index contributed by atoms with van der Waals surface area (Å²) in [5, 5.41) is 1.96. The second-order valence-electron chi connectivity index (χ2n) is 4.56. The fourth-order valence-corrected chi connectivity index (χ4v) is 2.09. The molecule has 0 spiro atoms. The third-order valence-corrected chi connectivity index (χ3v) is 3.21. The Morgan fingerprint density at radius 1 is 1.17 bits per heavy atom. The number of hydrogen-bond donors (Lipinski definition) is 3. The highest BCUT2D eigenvalue weighted by Crippen LogP contribution is 2.37. The summed E-state index contributed by atoms with van der Waals surface area (Å²) in [6, 6.07) is 8.62. The van der Waals surface area contributed by atoms with E-state index >= 15 is 0 Å². The Morgan fingerprint density at radius 2 is 1.92 bits per heavy atom. The van der Waals surface area contributed by atoms with E-state index in [1.165, 1.54) is 14.2 Å². The molecule has 1 heterocycles. The van der Waals surface area contributed by atoms with Gasteiger partial charge in [-0.15, -0.1) is 4.99 Å². The number of methoxy groups -OCH3 is 2. The van der Waals surface area contributed by atoms with Gasteiger partial charge in [-0.2, -0.15) is 0 Å². The van der Waals surface area contributed by atoms with Gasteiger partial charge in [-0.3, -0.25) is 0 Å². The van der Waals surface area contributed by atoms with Gasteiger partial charge in [-0.05, 0) is 12.1 Å². The van der Waals surface area contributed by atoms with Crippen LogP contribution in [0.1, 0.15) is 0 Å². The van der Waals surface area contributed by atoms with Crippen LogP contribution in [0.3, 0.4) is 0 Å². The van der Waals surface area contributed by atoms with Gasteiger partial charge in [0.25, 0.3) is 0 Å². The molecule has 0 saturated heterocycles. The third-order valence-electron chi connectivity index (χ3n) is 2.92. The van der Waals surface area contributed by atoms with E-state index in [9.17, 15) is 0 Å². The molecule has 8 nitrogen and oxygen atoms in total. The van der Waals surface area contributed by atoms with Crippen LogP contribution in [0, 0.1) is 0 Å². The summed E-state index contributed by atoms with van der Waals surface area (Å²) in [4.78, 5) is 12.3. The van der Waals surface area contributed by atoms with Crippen molar-refractivity contribution in [1.29, 1.82) is 0 Å². The number of aromatic nitrogens is 1. The zero-order valence-electron chi connectivity index (χ0n) is 13.2. The van der Waals surface area contributed by atoms with Crippen LogP contribution in [-0.2, 0) is 0 Å². The van der Waals surface area contributed by atoms with Crippen molar-refractivity contribution >= 4 is 35.0 Å². The summed E-state index contributed by atoms with van der Waals surface area (Å²) >= 11 is 6.09. The zero-order valence-corrected chi connectivity index (χ0v) is 14.0. The monoisotopic (exact) mass is 349 g/mol. The molecule has 0 radical (unpaired) electrons. The summed E-state index contributed by atoms with van der Waals surface area (Å²) in [6.45, 7) is 0. The SMILES string of the molecule is COc1cc(OC)c(N=C(N)N=C(N)[NH2+]c2ccccn2)cc1Cl. The summed E-state index contributed by atoms with van der Waals surface area (Å²) < 4.78 is 10.4. The van der Waals surface area contributed by atoms with Crippen molar-refractivity contribution in [3.8, 4) is 11.5 Å². The van der Waals surface area contributed by atoms with Gasteiger partial charge < -0.3 is 20.9 Å². The molecule has 24 heavy (non-hydrogen) atoms. The number of nitrogens with two attached hydrogens (primary N) is 3. The minimum absolute atomic E-state index is 0.0424.